The molecule has 0 fully saturated rings. The summed E-state index contributed by atoms with van der Waals surface area (Å²) in [7, 11) is 0. The summed E-state index contributed by atoms with van der Waals surface area (Å²) in [5, 5.41) is 3.27. The lowest BCUT2D eigenvalue weighted by Crippen LogP contribution is -2.16. The summed E-state index contributed by atoms with van der Waals surface area (Å²) in [5.41, 5.74) is 1.17. The van der Waals surface area contributed by atoms with Crippen molar-refractivity contribution >= 4 is 15.9 Å². The van der Waals surface area contributed by atoms with E-state index in [1.54, 1.807) is 0 Å². The van der Waals surface area contributed by atoms with Gasteiger partial charge in [0.2, 0.25) is 0 Å². The van der Waals surface area contributed by atoms with Gasteiger partial charge in [-0.1, -0.05) is 22.9 Å². The van der Waals surface area contributed by atoms with Gasteiger partial charge in [-0.15, -0.1) is 0 Å². The number of nitrogens with one attached hydrogen (secondary N) is 1. The topological polar surface area (TPSA) is 21.3 Å². The monoisotopic (exact) mass is 271 g/mol. The summed E-state index contributed by atoms with van der Waals surface area (Å²) >= 11 is 3.43. The maximum atomic E-state index is 5.68. The minimum atomic E-state index is 0.773. The standard InChI is InChI=1S/C12H18BrNO/c1-3-14-7-4-8-15-12-6-5-11(13)9-10(12)2/h5-6,9,14H,3-4,7-8H2,1-2H3. The Bertz CT molecular complexity index is 302. The van der Waals surface area contributed by atoms with Crippen LogP contribution in [-0.2, 0) is 0 Å². The Balaban J connectivity index is 2.31. The summed E-state index contributed by atoms with van der Waals surface area (Å²) in [5.74, 6) is 0.981. The molecule has 1 N–H and O–H groups in total. The minimum absolute atomic E-state index is 0.773. The Morgan fingerprint density at radius 2 is 2.20 bits per heavy atom. The maximum absolute atomic E-state index is 5.68. The predicted octanol–water partition coefficient (Wildman–Crippen LogP) is 3.14. The highest BCUT2D eigenvalue weighted by Crippen LogP contribution is 2.22. The summed E-state index contributed by atoms with van der Waals surface area (Å²) in [6.07, 6.45) is 1.04. The van der Waals surface area contributed by atoms with E-state index in [0.717, 1.165) is 36.3 Å². The van der Waals surface area contributed by atoms with E-state index in [4.69, 9.17) is 4.74 Å². The highest BCUT2D eigenvalue weighted by molar-refractivity contribution is 9.10. The second-order valence-corrected chi connectivity index (χ2v) is 4.38. The van der Waals surface area contributed by atoms with Crippen molar-refractivity contribution in [2.24, 2.45) is 0 Å². The van der Waals surface area contributed by atoms with E-state index in [1.165, 1.54) is 5.56 Å². The van der Waals surface area contributed by atoms with Crippen molar-refractivity contribution in [2.45, 2.75) is 20.3 Å². The van der Waals surface area contributed by atoms with Crippen molar-refractivity contribution in [3.05, 3.63) is 28.2 Å². The van der Waals surface area contributed by atoms with Crippen molar-refractivity contribution in [2.75, 3.05) is 19.7 Å². The number of ether oxygens (including phenoxy) is 1. The third-order valence-electron chi connectivity index (χ3n) is 2.14. The van der Waals surface area contributed by atoms with Gasteiger partial charge in [0.1, 0.15) is 5.75 Å². The number of rotatable bonds is 6. The van der Waals surface area contributed by atoms with Gasteiger partial charge in [-0.2, -0.15) is 0 Å². The van der Waals surface area contributed by atoms with E-state index < -0.39 is 0 Å². The highest BCUT2D eigenvalue weighted by Gasteiger charge is 1.99. The van der Waals surface area contributed by atoms with Gasteiger partial charge in [0.05, 0.1) is 6.61 Å². The van der Waals surface area contributed by atoms with E-state index in [-0.39, 0.29) is 0 Å². The smallest absolute Gasteiger partial charge is 0.122 e. The van der Waals surface area contributed by atoms with Crippen molar-refractivity contribution in [1.82, 2.24) is 5.32 Å². The fourth-order valence-corrected chi connectivity index (χ4v) is 1.81. The van der Waals surface area contributed by atoms with Crippen molar-refractivity contribution in [3.8, 4) is 5.75 Å². The molecule has 1 rings (SSSR count). The largest absolute Gasteiger partial charge is 0.493 e. The first-order valence-electron chi connectivity index (χ1n) is 5.33. The van der Waals surface area contributed by atoms with Gasteiger partial charge in [-0.05, 0) is 50.2 Å². The van der Waals surface area contributed by atoms with Gasteiger partial charge in [0.25, 0.3) is 0 Å². The molecule has 0 aromatic heterocycles. The molecule has 0 amide bonds. The summed E-state index contributed by atoms with van der Waals surface area (Å²) in [4.78, 5) is 0. The fraction of sp³-hybridized carbons (Fsp3) is 0.500. The summed E-state index contributed by atoms with van der Waals surface area (Å²) in [6.45, 7) is 6.99. The molecule has 0 spiro atoms. The van der Waals surface area contributed by atoms with E-state index in [0.29, 0.717) is 0 Å². The molecule has 0 aliphatic rings. The third kappa shape index (κ3) is 4.67. The molecule has 0 atom stereocenters. The van der Waals surface area contributed by atoms with Crippen molar-refractivity contribution < 1.29 is 4.74 Å². The Kier molecular flexibility index (Phi) is 5.73. The first-order chi connectivity index (χ1) is 7.24. The second kappa shape index (κ2) is 6.85. The molecule has 0 radical (unpaired) electrons. The molecule has 0 unspecified atom stereocenters. The maximum Gasteiger partial charge on any atom is 0.122 e. The zero-order chi connectivity index (χ0) is 11.1. The van der Waals surface area contributed by atoms with Crippen LogP contribution in [0.4, 0.5) is 0 Å². The first kappa shape index (κ1) is 12.5. The Labute approximate surface area is 100 Å². The lowest BCUT2D eigenvalue weighted by Gasteiger charge is -2.09. The van der Waals surface area contributed by atoms with Crippen LogP contribution in [0.15, 0.2) is 22.7 Å². The zero-order valence-electron chi connectivity index (χ0n) is 9.35. The quantitative estimate of drug-likeness (QED) is 0.803. The van der Waals surface area contributed by atoms with E-state index in [2.05, 4.69) is 41.2 Å². The lowest BCUT2D eigenvalue weighted by atomic mass is 10.2. The van der Waals surface area contributed by atoms with Gasteiger partial charge in [0.15, 0.2) is 0 Å². The van der Waals surface area contributed by atoms with Crippen LogP contribution in [0.2, 0.25) is 0 Å². The van der Waals surface area contributed by atoms with Crippen LogP contribution in [0, 0.1) is 6.92 Å². The van der Waals surface area contributed by atoms with Gasteiger partial charge in [0, 0.05) is 4.47 Å². The number of aryl methyl sites for hydroxylation is 1. The van der Waals surface area contributed by atoms with E-state index in [1.807, 2.05) is 12.1 Å². The Hall–Kier alpha value is -0.540. The molecule has 0 aliphatic heterocycles. The van der Waals surface area contributed by atoms with Crippen molar-refractivity contribution in [3.63, 3.8) is 0 Å². The number of halogens is 1. The van der Waals surface area contributed by atoms with Crippen LogP contribution in [0.1, 0.15) is 18.9 Å². The van der Waals surface area contributed by atoms with Crippen LogP contribution < -0.4 is 10.1 Å². The summed E-state index contributed by atoms with van der Waals surface area (Å²) < 4.78 is 6.77. The highest BCUT2D eigenvalue weighted by atomic mass is 79.9. The normalized spacial score (nSPS) is 10.3. The molecule has 15 heavy (non-hydrogen) atoms. The Morgan fingerprint density at radius 3 is 2.87 bits per heavy atom. The van der Waals surface area contributed by atoms with Crippen LogP contribution in [0.3, 0.4) is 0 Å². The van der Waals surface area contributed by atoms with Crippen LogP contribution in [0.25, 0.3) is 0 Å². The first-order valence-corrected chi connectivity index (χ1v) is 6.13. The molecule has 2 nitrogen and oxygen atoms in total. The van der Waals surface area contributed by atoms with Crippen molar-refractivity contribution in [1.29, 1.82) is 0 Å². The van der Waals surface area contributed by atoms with Crippen LogP contribution in [-0.4, -0.2) is 19.7 Å². The molecule has 1 aromatic carbocycles. The molecule has 0 saturated heterocycles. The Morgan fingerprint density at radius 1 is 1.40 bits per heavy atom. The number of hydrogen-bond acceptors (Lipinski definition) is 2. The molecule has 3 heteroatoms. The summed E-state index contributed by atoms with van der Waals surface area (Å²) in [6, 6.07) is 6.08. The molecule has 0 saturated carbocycles. The van der Waals surface area contributed by atoms with Gasteiger partial charge in [-0.3, -0.25) is 0 Å². The number of benzene rings is 1. The minimum Gasteiger partial charge on any atom is -0.493 e. The predicted molar refractivity (Wildman–Crippen MR) is 67.5 cm³/mol. The average Bonchev–Trinajstić information content (AvgIpc) is 2.20. The average molecular weight is 272 g/mol. The second-order valence-electron chi connectivity index (χ2n) is 3.47. The molecule has 0 bridgehead atoms. The van der Waals surface area contributed by atoms with Gasteiger partial charge in [-0.25, -0.2) is 0 Å². The van der Waals surface area contributed by atoms with Crippen LogP contribution >= 0.6 is 15.9 Å². The third-order valence-corrected chi connectivity index (χ3v) is 2.64. The molecule has 0 heterocycles. The molecular formula is C12H18BrNO. The van der Waals surface area contributed by atoms with E-state index in [9.17, 15) is 0 Å². The van der Waals surface area contributed by atoms with Crippen LogP contribution in [0.5, 0.6) is 5.75 Å². The van der Waals surface area contributed by atoms with Gasteiger partial charge < -0.3 is 10.1 Å². The van der Waals surface area contributed by atoms with Gasteiger partial charge >= 0.3 is 0 Å². The van der Waals surface area contributed by atoms with E-state index >= 15 is 0 Å². The lowest BCUT2D eigenvalue weighted by molar-refractivity contribution is 0.306. The molecule has 0 aliphatic carbocycles. The molecular weight excluding hydrogens is 254 g/mol. The molecule has 84 valence electrons. The zero-order valence-corrected chi connectivity index (χ0v) is 10.9. The number of hydrogen-bond donors (Lipinski definition) is 1. The fourth-order valence-electron chi connectivity index (χ4n) is 1.33. The SMILES string of the molecule is CCNCCCOc1ccc(Br)cc1C. The molecule has 1 aromatic rings.